The Morgan fingerprint density at radius 2 is 1.68 bits per heavy atom. The van der Waals surface area contributed by atoms with Gasteiger partial charge in [0.2, 0.25) is 0 Å². The smallest absolute Gasteiger partial charge is 0.325 e. The standard InChI is InChI=1S/C14H10I3NO4/c15-8-5-7(1-2-11(8)19)22-13-9(16)3-6(4-10(13)17)12(18)14(20)21/h1-5,12,19H,18H2,(H,20,21)/t12-/m1/s1. The molecule has 0 saturated carbocycles. The van der Waals surface area contributed by atoms with Gasteiger partial charge in [-0.2, -0.15) is 0 Å². The number of carbonyl (C=O) groups is 1. The Bertz CT molecular complexity index is 713. The fourth-order valence-electron chi connectivity index (χ4n) is 1.67. The maximum Gasteiger partial charge on any atom is 0.325 e. The number of carboxylic acids is 1. The van der Waals surface area contributed by atoms with Crippen LogP contribution in [0.1, 0.15) is 11.6 Å². The number of hydrogen-bond acceptors (Lipinski definition) is 4. The first kappa shape index (κ1) is 18.0. The van der Waals surface area contributed by atoms with Crippen molar-refractivity contribution in [3.63, 3.8) is 0 Å². The second-order valence-electron chi connectivity index (χ2n) is 4.34. The van der Waals surface area contributed by atoms with E-state index in [4.69, 9.17) is 15.6 Å². The second kappa shape index (κ2) is 7.49. The number of phenolic OH excluding ortho intramolecular Hbond substituents is 1. The number of hydrogen-bond donors (Lipinski definition) is 3. The van der Waals surface area contributed by atoms with Gasteiger partial charge in [0.25, 0.3) is 0 Å². The second-order valence-corrected chi connectivity index (χ2v) is 7.83. The van der Waals surface area contributed by atoms with E-state index in [9.17, 15) is 9.90 Å². The van der Waals surface area contributed by atoms with Crippen molar-refractivity contribution in [2.24, 2.45) is 5.73 Å². The van der Waals surface area contributed by atoms with E-state index in [2.05, 4.69) is 45.2 Å². The van der Waals surface area contributed by atoms with Crippen LogP contribution in [0.25, 0.3) is 0 Å². The van der Waals surface area contributed by atoms with E-state index in [-0.39, 0.29) is 5.75 Å². The molecule has 2 rings (SSSR count). The highest BCUT2D eigenvalue weighted by Gasteiger charge is 2.18. The van der Waals surface area contributed by atoms with E-state index >= 15 is 0 Å². The molecule has 0 aliphatic rings. The van der Waals surface area contributed by atoms with Crippen LogP contribution in [0.4, 0.5) is 0 Å². The minimum atomic E-state index is -1.08. The zero-order valence-electron chi connectivity index (χ0n) is 10.9. The van der Waals surface area contributed by atoms with E-state index in [1.807, 2.05) is 22.6 Å². The molecule has 2 aromatic carbocycles. The summed E-state index contributed by atoms with van der Waals surface area (Å²) in [7, 11) is 0. The summed E-state index contributed by atoms with van der Waals surface area (Å²) < 4.78 is 8.06. The zero-order chi connectivity index (χ0) is 16.4. The minimum Gasteiger partial charge on any atom is -0.507 e. The fraction of sp³-hybridized carbons (Fsp3) is 0.0714. The van der Waals surface area contributed by atoms with Crippen LogP contribution in [0.2, 0.25) is 0 Å². The van der Waals surface area contributed by atoms with E-state index < -0.39 is 12.0 Å². The van der Waals surface area contributed by atoms with Gasteiger partial charge in [-0.1, -0.05) is 0 Å². The number of rotatable bonds is 4. The van der Waals surface area contributed by atoms with E-state index in [1.54, 1.807) is 30.3 Å². The molecule has 0 radical (unpaired) electrons. The molecule has 116 valence electrons. The molecule has 0 amide bonds. The summed E-state index contributed by atoms with van der Waals surface area (Å²) in [6, 6.07) is 7.28. The molecule has 8 heteroatoms. The lowest BCUT2D eigenvalue weighted by molar-refractivity contribution is -0.138. The summed E-state index contributed by atoms with van der Waals surface area (Å²) in [4.78, 5) is 11.0. The van der Waals surface area contributed by atoms with Crippen molar-refractivity contribution < 1.29 is 19.7 Å². The number of aliphatic carboxylic acids is 1. The van der Waals surface area contributed by atoms with Crippen molar-refractivity contribution in [2.45, 2.75) is 6.04 Å². The van der Waals surface area contributed by atoms with Crippen molar-refractivity contribution in [2.75, 3.05) is 0 Å². The molecule has 0 saturated heterocycles. The Labute approximate surface area is 167 Å². The van der Waals surface area contributed by atoms with Crippen molar-refractivity contribution in [3.05, 3.63) is 46.6 Å². The average molecular weight is 637 g/mol. The van der Waals surface area contributed by atoms with Crippen LogP contribution in [0, 0.1) is 10.7 Å². The quantitative estimate of drug-likeness (QED) is 0.440. The summed E-state index contributed by atoms with van der Waals surface area (Å²) >= 11 is 6.18. The van der Waals surface area contributed by atoms with Gasteiger partial charge in [-0.25, -0.2) is 0 Å². The summed E-state index contributed by atoms with van der Waals surface area (Å²) in [5, 5.41) is 18.5. The van der Waals surface area contributed by atoms with Crippen molar-refractivity contribution in [1.29, 1.82) is 0 Å². The van der Waals surface area contributed by atoms with E-state index in [0.717, 1.165) is 7.14 Å². The molecule has 0 aliphatic carbocycles. The van der Waals surface area contributed by atoms with Gasteiger partial charge in [0.05, 0.1) is 10.7 Å². The van der Waals surface area contributed by atoms with Crippen LogP contribution < -0.4 is 10.5 Å². The Morgan fingerprint density at radius 1 is 1.09 bits per heavy atom. The van der Waals surface area contributed by atoms with Gasteiger partial charge >= 0.3 is 5.97 Å². The van der Waals surface area contributed by atoms with Crippen LogP contribution in [0.5, 0.6) is 17.2 Å². The number of halogens is 3. The highest BCUT2D eigenvalue weighted by molar-refractivity contribution is 14.1. The van der Waals surface area contributed by atoms with Gasteiger partial charge in [0.15, 0.2) is 5.75 Å². The van der Waals surface area contributed by atoms with E-state index in [0.29, 0.717) is 20.6 Å². The van der Waals surface area contributed by atoms with Crippen LogP contribution in [-0.4, -0.2) is 16.2 Å². The lowest BCUT2D eigenvalue weighted by Crippen LogP contribution is -2.20. The fourth-order valence-corrected chi connectivity index (χ4v) is 4.19. The minimum absolute atomic E-state index is 0.195. The van der Waals surface area contributed by atoms with Gasteiger partial charge in [0.1, 0.15) is 17.5 Å². The molecule has 2 aromatic rings. The number of aromatic hydroxyl groups is 1. The molecule has 0 aliphatic heterocycles. The Kier molecular flexibility index (Phi) is 6.13. The molecule has 0 spiro atoms. The molecular formula is C14H10I3NO4. The third-order valence-corrected chi connectivity index (χ3v) is 5.25. The summed E-state index contributed by atoms with van der Waals surface area (Å²) in [5.74, 6) is 0.339. The number of phenols is 1. The maximum absolute atomic E-state index is 11.0. The number of carboxylic acid groups (broad SMARTS) is 1. The Morgan fingerprint density at radius 3 is 2.18 bits per heavy atom. The molecule has 0 aromatic heterocycles. The van der Waals surface area contributed by atoms with Crippen molar-refractivity contribution >= 4 is 73.7 Å². The molecular weight excluding hydrogens is 627 g/mol. The lowest BCUT2D eigenvalue weighted by Gasteiger charge is -2.14. The van der Waals surface area contributed by atoms with Crippen LogP contribution in [-0.2, 0) is 4.79 Å². The van der Waals surface area contributed by atoms with Crippen LogP contribution >= 0.6 is 67.8 Å². The average Bonchev–Trinajstić information content (AvgIpc) is 2.45. The van der Waals surface area contributed by atoms with Gasteiger partial charge in [-0.3, -0.25) is 4.79 Å². The Balaban J connectivity index is 2.36. The van der Waals surface area contributed by atoms with Gasteiger partial charge in [0, 0.05) is 0 Å². The first-order valence-corrected chi connectivity index (χ1v) is 9.17. The van der Waals surface area contributed by atoms with Gasteiger partial charge in [-0.15, -0.1) is 0 Å². The van der Waals surface area contributed by atoms with Gasteiger partial charge < -0.3 is 20.7 Å². The first-order chi connectivity index (χ1) is 10.3. The molecule has 0 unspecified atom stereocenters. The molecule has 0 heterocycles. The molecule has 0 bridgehead atoms. The molecule has 1 atom stereocenters. The topological polar surface area (TPSA) is 92.8 Å². The molecule has 4 N–H and O–H groups in total. The monoisotopic (exact) mass is 637 g/mol. The number of ether oxygens (including phenoxy) is 1. The SMILES string of the molecule is N[C@@H](C(=O)O)c1cc(I)c(Oc2ccc(O)c(I)c2)c(I)c1. The predicted molar refractivity (Wildman–Crippen MR) is 107 cm³/mol. The van der Waals surface area contributed by atoms with Crippen molar-refractivity contribution in [3.8, 4) is 17.2 Å². The Hall–Kier alpha value is -0.340. The number of benzene rings is 2. The largest absolute Gasteiger partial charge is 0.507 e. The summed E-state index contributed by atoms with van der Waals surface area (Å²) in [5.41, 5.74) is 6.16. The summed E-state index contributed by atoms with van der Waals surface area (Å²) in [6.45, 7) is 0. The molecule has 0 fully saturated rings. The molecule has 22 heavy (non-hydrogen) atoms. The van der Waals surface area contributed by atoms with Crippen LogP contribution in [0.15, 0.2) is 30.3 Å². The zero-order valence-corrected chi connectivity index (χ0v) is 17.4. The van der Waals surface area contributed by atoms with Gasteiger partial charge in [-0.05, 0) is 104 Å². The predicted octanol–water partition coefficient (Wildman–Crippen LogP) is 4.08. The highest BCUT2D eigenvalue weighted by Crippen LogP contribution is 2.35. The van der Waals surface area contributed by atoms with Crippen molar-refractivity contribution in [1.82, 2.24) is 0 Å². The highest BCUT2D eigenvalue weighted by atomic mass is 127. The van der Waals surface area contributed by atoms with E-state index in [1.165, 1.54) is 0 Å². The maximum atomic E-state index is 11.0. The first-order valence-electron chi connectivity index (χ1n) is 5.93. The normalized spacial score (nSPS) is 12.0. The van der Waals surface area contributed by atoms with Crippen LogP contribution in [0.3, 0.4) is 0 Å². The number of nitrogens with two attached hydrogens (primary N) is 1. The third-order valence-electron chi connectivity index (χ3n) is 2.78. The molecule has 5 nitrogen and oxygen atoms in total. The third kappa shape index (κ3) is 4.14. The summed E-state index contributed by atoms with van der Waals surface area (Å²) in [6.07, 6.45) is 0. The lowest BCUT2D eigenvalue weighted by atomic mass is 10.1.